The van der Waals surface area contributed by atoms with Crippen LogP contribution in [0.2, 0.25) is 0 Å². The molecule has 2 N–H and O–H groups in total. The fourth-order valence-corrected chi connectivity index (χ4v) is 3.76. The van der Waals surface area contributed by atoms with E-state index >= 15 is 0 Å². The monoisotopic (exact) mass is 393 g/mol. The first-order valence-corrected chi connectivity index (χ1v) is 9.22. The Morgan fingerprint density at radius 3 is 2.21 bits per heavy atom. The molecule has 0 aliphatic heterocycles. The largest absolute Gasteiger partial charge is 0.480 e. The molecule has 1 amide bonds. The van der Waals surface area contributed by atoms with E-state index in [1.54, 1.807) is 6.92 Å². The van der Waals surface area contributed by atoms with Gasteiger partial charge < -0.3 is 19.9 Å². The zero-order chi connectivity index (χ0) is 21.0. The van der Waals surface area contributed by atoms with Crippen molar-refractivity contribution < 1.29 is 24.2 Å². The van der Waals surface area contributed by atoms with Crippen LogP contribution in [0.3, 0.4) is 0 Å². The molecule has 3 rings (SSSR count). The minimum absolute atomic E-state index is 0.0237. The van der Waals surface area contributed by atoms with Crippen molar-refractivity contribution in [3.05, 3.63) is 59.7 Å². The molecule has 2 aromatic carbocycles. The van der Waals surface area contributed by atoms with Gasteiger partial charge in [-0.3, -0.25) is 0 Å². The lowest BCUT2D eigenvalue weighted by molar-refractivity contribution is -0.142. The molecule has 150 valence electrons. The number of ether oxygens (including phenoxy) is 2. The zero-order valence-electron chi connectivity index (χ0n) is 16.3. The number of nitrogens with one attached hydrogen (secondary N) is 1. The van der Waals surface area contributed by atoms with Crippen LogP contribution in [0.4, 0.5) is 4.79 Å². The molecular formula is C23H23NO5. The summed E-state index contributed by atoms with van der Waals surface area (Å²) in [5.74, 6) is 1.04. The van der Waals surface area contributed by atoms with E-state index in [2.05, 4.69) is 11.2 Å². The first-order chi connectivity index (χ1) is 13.9. The number of hydrogen-bond donors (Lipinski definition) is 2. The number of methoxy groups -OCH3 is 1. The number of carboxylic acids is 1. The number of carboxylic acid groups (broad SMARTS) is 1. The van der Waals surface area contributed by atoms with Gasteiger partial charge in [-0.25, -0.2) is 9.59 Å². The Morgan fingerprint density at radius 1 is 1.17 bits per heavy atom. The van der Waals surface area contributed by atoms with E-state index in [9.17, 15) is 14.7 Å². The predicted molar refractivity (Wildman–Crippen MR) is 108 cm³/mol. The van der Waals surface area contributed by atoms with Crippen LogP contribution in [-0.4, -0.2) is 43.5 Å². The molecule has 2 aromatic rings. The van der Waals surface area contributed by atoms with Crippen LogP contribution < -0.4 is 5.32 Å². The van der Waals surface area contributed by atoms with Gasteiger partial charge >= 0.3 is 12.1 Å². The number of benzene rings is 2. The van der Waals surface area contributed by atoms with E-state index < -0.39 is 23.5 Å². The maximum absolute atomic E-state index is 12.4. The average Bonchev–Trinajstić information content (AvgIpc) is 3.04. The molecule has 6 nitrogen and oxygen atoms in total. The highest BCUT2D eigenvalue weighted by Gasteiger charge is 2.40. The summed E-state index contributed by atoms with van der Waals surface area (Å²) in [6.45, 7) is 1.60. The predicted octanol–water partition coefficient (Wildman–Crippen LogP) is 3.26. The van der Waals surface area contributed by atoms with Crippen molar-refractivity contribution in [2.45, 2.75) is 18.9 Å². The van der Waals surface area contributed by atoms with Crippen LogP contribution in [0.15, 0.2) is 48.5 Å². The van der Waals surface area contributed by atoms with Gasteiger partial charge in [0.2, 0.25) is 0 Å². The summed E-state index contributed by atoms with van der Waals surface area (Å²) < 4.78 is 10.4. The first-order valence-electron chi connectivity index (χ1n) is 9.22. The fourth-order valence-electron chi connectivity index (χ4n) is 3.76. The number of terminal acetylenes is 1. The third-order valence-electron chi connectivity index (χ3n) is 5.26. The van der Waals surface area contributed by atoms with Crippen molar-refractivity contribution >= 4 is 12.1 Å². The highest BCUT2D eigenvalue weighted by Crippen LogP contribution is 2.44. The third kappa shape index (κ3) is 3.96. The lowest BCUT2D eigenvalue weighted by Gasteiger charge is -2.30. The zero-order valence-corrected chi connectivity index (χ0v) is 16.3. The van der Waals surface area contributed by atoms with Crippen LogP contribution in [0.1, 0.15) is 24.0 Å². The van der Waals surface area contributed by atoms with Crippen molar-refractivity contribution in [2.24, 2.45) is 5.41 Å². The summed E-state index contributed by atoms with van der Waals surface area (Å²) in [6.07, 6.45) is 4.67. The molecule has 0 fully saturated rings. The first kappa shape index (κ1) is 20.4. The molecule has 2 atom stereocenters. The lowest BCUT2D eigenvalue weighted by atomic mass is 9.84. The molecule has 1 aliphatic rings. The van der Waals surface area contributed by atoms with E-state index in [-0.39, 0.29) is 19.1 Å². The average molecular weight is 393 g/mol. The van der Waals surface area contributed by atoms with Gasteiger partial charge in [-0.05, 0) is 29.2 Å². The molecule has 29 heavy (non-hydrogen) atoms. The van der Waals surface area contributed by atoms with E-state index in [0.717, 1.165) is 22.3 Å². The van der Waals surface area contributed by atoms with Crippen molar-refractivity contribution in [1.82, 2.24) is 5.32 Å². The van der Waals surface area contributed by atoms with Crippen molar-refractivity contribution in [3.63, 3.8) is 0 Å². The normalized spacial score (nSPS) is 15.3. The van der Waals surface area contributed by atoms with Crippen molar-refractivity contribution in [1.29, 1.82) is 0 Å². The molecule has 0 saturated carbocycles. The third-order valence-corrected chi connectivity index (χ3v) is 5.26. The second-order valence-electron chi connectivity index (χ2n) is 7.24. The lowest BCUT2D eigenvalue weighted by Crippen LogP contribution is -2.53. The van der Waals surface area contributed by atoms with Crippen LogP contribution in [0.25, 0.3) is 11.1 Å². The molecule has 0 radical (unpaired) electrons. The Labute approximate surface area is 169 Å². The number of carbonyl (C=O) groups excluding carboxylic acids is 1. The highest BCUT2D eigenvalue weighted by molar-refractivity contribution is 5.82. The smallest absolute Gasteiger partial charge is 0.407 e. The minimum atomic E-state index is -1.34. The summed E-state index contributed by atoms with van der Waals surface area (Å²) in [6, 6.07) is 14.6. The summed E-state index contributed by atoms with van der Waals surface area (Å²) in [5, 5.41) is 11.9. The van der Waals surface area contributed by atoms with Crippen LogP contribution >= 0.6 is 0 Å². The summed E-state index contributed by atoms with van der Waals surface area (Å²) >= 11 is 0. The quantitative estimate of drug-likeness (QED) is 0.706. The maximum atomic E-state index is 12.4. The standard InChI is InChI=1S/C23H23NO5/c1-4-23(2,14-28-3)20(21(25)26)24-22(27)29-13-19-17-11-7-5-9-15(17)16-10-6-8-12-18(16)19/h1,5-12,19-20H,13-14H2,2-3H3,(H,24,27)(H,25,26)/t20-,23+/m1/s1. The van der Waals surface area contributed by atoms with Crippen molar-refractivity contribution in [3.8, 4) is 23.5 Å². The molecule has 0 aromatic heterocycles. The van der Waals surface area contributed by atoms with Crippen LogP contribution in [-0.2, 0) is 14.3 Å². The number of aliphatic carboxylic acids is 1. The van der Waals surface area contributed by atoms with Gasteiger partial charge in [-0.1, -0.05) is 54.5 Å². The number of carbonyl (C=O) groups is 2. The Bertz CT molecular complexity index is 918. The SMILES string of the molecule is C#C[C@@](C)(COC)[C@H](NC(=O)OCC1c2ccccc2-c2ccccc21)C(=O)O. The van der Waals surface area contributed by atoms with Crippen molar-refractivity contribution in [2.75, 3.05) is 20.3 Å². The molecule has 0 heterocycles. The number of rotatable bonds is 7. The summed E-state index contributed by atoms with van der Waals surface area (Å²) in [5.41, 5.74) is 3.15. The maximum Gasteiger partial charge on any atom is 0.407 e. The number of amides is 1. The number of alkyl carbamates (subject to hydrolysis) is 1. The Hall–Kier alpha value is -3.30. The van der Waals surface area contributed by atoms with Gasteiger partial charge in [0.05, 0.1) is 12.0 Å². The van der Waals surface area contributed by atoms with Gasteiger partial charge in [0, 0.05) is 13.0 Å². The molecule has 0 saturated heterocycles. The summed E-state index contributed by atoms with van der Waals surface area (Å²) in [4.78, 5) is 24.1. The van der Waals surface area contributed by atoms with E-state index in [1.807, 2.05) is 48.5 Å². The van der Waals surface area contributed by atoms with Gasteiger partial charge in [0.1, 0.15) is 12.6 Å². The van der Waals surface area contributed by atoms with Gasteiger partial charge in [0.15, 0.2) is 0 Å². The highest BCUT2D eigenvalue weighted by atomic mass is 16.5. The minimum Gasteiger partial charge on any atom is -0.480 e. The van der Waals surface area contributed by atoms with Crippen LogP contribution in [0, 0.1) is 17.8 Å². The fraction of sp³-hybridized carbons (Fsp3) is 0.304. The Morgan fingerprint density at radius 2 is 1.72 bits per heavy atom. The van der Waals surface area contributed by atoms with Gasteiger partial charge in [0.25, 0.3) is 0 Å². The molecule has 0 spiro atoms. The molecule has 1 aliphatic carbocycles. The number of fused-ring (bicyclic) bond motifs is 3. The topological polar surface area (TPSA) is 84.9 Å². The summed E-state index contributed by atoms with van der Waals surface area (Å²) in [7, 11) is 1.42. The van der Waals surface area contributed by atoms with E-state index in [0.29, 0.717) is 0 Å². The molecule has 0 bridgehead atoms. The molecule has 0 unspecified atom stereocenters. The molecular weight excluding hydrogens is 370 g/mol. The molecule has 6 heteroatoms. The van der Waals surface area contributed by atoms with Crippen LogP contribution in [0.5, 0.6) is 0 Å². The van der Waals surface area contributed by atoms with E-state index in [4.69, 9.17) is 15.9 Å². The van der Waals surface area contributed by atoms with E-state index in [1.165, 1.54) is 7.11 Å². The Balaban J connectivity index is 1.74. The van der Waals surface area contributed by atoms with Gasteiger partial charge in [-0.15, -0.1) is 6.42 Å². The second-order valence-corrected chi connectivity index (χ2v) is 7.24. The Kier molecular flexibility index (Phi) is 5.90. The van der Waals surface area contributed by atoms with Gasteiger partial charge in [-0.2, -0.15) is 0 Å². The number of hydrogen-bond acceptors (Lipinski definition) is 4. The second kappa shape index (κ2) is 8.38.